The van der Waals surface area contributed by atoms with Gasteiger partial charge >= 0.3 is 6.18 Å². The van der Waals surface area contributed by atoms with Crippen molar-refractivity contribution in [2.24, 2.45) is 5.92 Å². The van der Waals surface area contributed by atoms with E-state index in [9.17, 15) is 23.1 Å². The molecule has 1 amide bonds. The van der Waals surface area contributed by atoms with Gasteiger partial charge in [-0.2, -0.15) is 13.2 Å². The predicted molar refractivity (Wildman–Crippen MR) is 122 cm³/mol. The van der Waals surface area contributed by atoms with Crippen molar-refractivity contribution in [2.75, 3.05) is 29.9 Å². The molecule has 0 bridgehead atoms. The largest absolute Gasteiger partial charge is 0.416 e. The van der Waals surface area contributed by atoms with E-state index >= 15 is 0 Å². The molecule has 1 fully saturated rings. The quantitative estimate of drug-likeness (QED) is 0.545. The van der Waals surface area contributed by atoms with Gasteiger partial charge < -0.3 is 15.3 Å². The van der Waals surface area contributed by atoms with Crippen LogP contribution >= 0.6 is 0 Å². The number of aliphatic hydroxyl groups is 1. The summed E-state index contributed by atoms with van der Waals surface area (Å²) < 4.78 is 38.0. The van der Waals surface area contributed by atoms with Crippen LogP contribution < -0.4 is 10.2 Å². The van der Waals surface area contributed by atoms with Crippen molar-refractivity contribution in [3.8, 4) is 0 Å². The summed E-state index contributed by atoms with van der Waals surface area (Å²) in [6, 6.07) is 14.3. The van der Waals surface area contributed by atoms with Gasteiger partial charge in [0.05, 0.1) is 11.1 Å². The standard InChI is InChI=1S/C25H26F3N3O2/c26-25(27,28)20-7-3-17(4-8-20)5-12-24(33)29-21-9-10-22-19(14-21)6-11-23(30-22)31-13-1-2-18(15-31)16-32/h3-4,6-11,14,18,32H,1-2,5,12-13,15-16H2,(H,29,33)/t18-/m1/s1. The van der Waals surface area contributed by atoms with Crippen LogP contribution in [0.5, 0.6) is 0 Å². The molecule has 3 aromatic rings. The summed E-state index contributed by atoms with van der Waals surface area (Å²) >= 11 is 0. The highest BCUT2D eigenvalue weighted by Gasteiger charge is 2.29. The van der Waals surface area contributed by atoms with Crippen LogP contribution in [0.4, 0.5) is 24.7 Å². The van der Waals surface area contributed by atoms with Crippen LogP contribution in [0, 0.1) is 5.92 Å². The molecular formula is C25H26F3N3O2. The Labute approximate surface area is 190 Å². The summed E-state index contributed by atoms with van der Waals surface area (Å²) in [7, 11) is 0. The average molecular weight is 457 g/mol. The number of carbonyl (C=O) groups is 1. The number of fused-ring (bicyclic) bond motifs is 1. The zero-order valence-electron chi connectivity index (χ0n) is 18.1. The molecule has 1 aliphatic rings. The first-order chi connectivity index (χ1) is 15.8. The summed E-state index contributed by atoms with van der Waals surface area (Å²) in [4.78, 5) is 19.3. The van der Waals surface area contributed by atoms with Crippen LogP contribution in [0.15, 0.2) is 54.6 Å². The number of piperidine rings is 1. The van der Waals surface area contributed by atoms with Gasteiger partial charge in [-0.1, -0.05) is 12.1 Å². The molecule has 2 aromatic carbocycles. The van der Waals surface area contributed by atoms with Crippen LogP contribution in [0.3, 0.4) is 0 Å². The molecule has 1 atom stereocenters. The maximum Gasteiger partial charge on any atom is 0.416 e. The molecule has 2 N–H and O–H groups in total. The van der Waals surface area contributed by atoms with E-state index in [4.69, 9.17) is 4.98 Å². The summed E-state index contributed by atoms with van der Waals surface area (Å²) in [5, 5.41) is 13.2. The van der Waals surface area contributed by atoms with Crippen molar-refractivity contribution in [1.29, 1.82) is 0 Å². The highest BCUT2D eigenvalue weighted by molar-refractivity contribution is 5.94. The lowest BCUT2D eigenvalue weighted by atomic mass is 9.99. The van der Waals surface area contributed by atoms with E-state index in [1.165, 1.54) is 12.1 Å². The van der Waals surface area contributed by atoms with Gasteiger partial charge in [-0.3, -0.25) is 4.79 Å². The normalized spacial score (nSPS) is 16.7. The van der Waals surface area contributed by atoms with Crippen molar-refractivity contribution in [3.63, 3.8) is 0 Å². The third-order valence-corrected chi connectivity index (χ3v) is 5.98. The van der Waals surface area contributed by atoms with Crippen LogP contribution in [-0.2, 0) is 17.4 Å². The summed E-state index contributed by atoms with van der Waals surface area (Å²) in [6.07, 6.45) is -1.78. The number of aryl methyl sites for hydroxylation is 1. The van der Waals surface area contributed by atoms with Gasteiger partial charge in [0, 0.05) is 37.2 Å². The smallest absolute Gasteiger partial charge is 0.396 e. The van der Waals surface area contributed by atoms with Gasteiger partial charge in [0.2, 0.25) is 5.91 Å². The van der Waals surface area contributed by atoms with E-state index in [1.807, 2.05) is 24.3 Å². The number of hydrogen-bond donors (Lipinski definition) is 2. The molecule has 1 aliphatic heterocycles. The summed E-state index contributed by atoms with van der Waals surface area (Å²) in [5.41, 5.74) is 1.45. The number of nitrogens with one attached hydrogen (secondary N) is 1. The minimum Gasteiger partial charge on any atom is -0.396 e. The first kappa shape index (κ1) is 23.0. The van der Waals surface area contributed by atoms with Gasteiger partial charge in [-0.25, -0.2) is 4.98 Å². The number of anilines is 2. The molecule has 4 rings (SSSR count). The lowest BCUT2D eigenvalue weighted by Gasteiger charge is -2.32. The van der Waals surface area contributed by atoms with E-state index in [-0.39, 0.29) is 24.9 Å². The molecule has 0 radical (unpaired) electrons. The molecule has 2 heterocycles. The second-order valence-electron chi connectivity index (χ2n) is 8.46. The average Bonchev–Trinajstić information content (AvgIpc) is 2.82. The molecule has 33 heavy (non-hydrogen) atoms. The number of pyridine rings is 1. The van der Waals surface area contributed by atoms with E-state index in [0.717, 1.165) is 54.8 Å². The van der Waals surface area contributed by atoms with Crippen LogP contribution in [0.1, 0.15) is 30.4 Å². The van der Waals surface area contributed by atoms with E-state index in [1.54, 1.807) is 6.07 Å². The summed E-state index contributed by atoms with van der Waals surface area (Å²) in [5.74, 6) is 0.951. The van der Waals surface area contributed by atoms with Crippen molar-refractivity contribution < 1.29 is 23.1 Å². The first-order valence-electron chi connectivity index (χ1n) is 11.0. The van der Waals surface area contributed by atoms with E-state index in [2.05, 4.69) is 10.2 Å². The van der Waals surface area contributed by atoms with Gasteiger partial charge in [-0.05, 0) is 73.2 Å². The van der Waals surface area contributed by atoms with Crippen LogP contribution in [-0.4, -0.2) is 35.7 Å². The fourth-order valence-corrected chi connectivity index (χ4v) is 4.13. The highest BCUT2D eigenvalue weighted by atomic mass is 19.4. The SMILES string of the molecule is O=C(CCc1ccc(C(F)(F)F)cc1)Nc1ccc2nc(N3CCC[C@@H](CO)C3)ccc2c1. The number of benzene rings is 2. The Hall–Kier alpha value is -3.13. The van der Waals surface area contributed by atoms with Gasteiger partial charge in [0.25, 0.3) is 0 Å². The fraction of sp³-hybridized carbons (Fsp3) is 0.360. The zero-order valence-corrected chi connectivity index (χ0v) is 18.1. The molecule has 174 valence electrons. The second kappa shape index (κ2) is 9.79. The van der Waals surface area contributed by atoms with Gasteiger partial charge in [0.1, 0.15) is 5.82 Å². The number of rotatable bonds is 6. The van der Waals surface area contributed by atoms with E-state index < -0.39 is 11.7 Å². The number of amides is 1. The molecule has 5 nitrogen and oxygen atoms in total. The minimum atomic E-state index is -4.36. The molecule has 0 saturated carbocycles. The maximum atomic E-state index is 12.7. The highest BCUT2D eigenvalue weighted by Crippen LogP contribution is 2.29. The van der Waals surface area contributed by atoms with Crippen molar-refractivity contribution >= 4 is 28.3 Å². The monoisotopic (exact) mass is 457 g/mol. The Balaban J connectivity index is 1.36. The Bertz CT molecular complexity index is 1120. The zero-order chi connectivity index (χ0) is 23.4. The third-order valence-electron chi connectivity index (χ3n) is 5.98. The number of nitrogens with zero attached hydrogens (tertiary/aromatic N) is 2. The number of hydrogen-bond acceptors (Lipinski definition) is 4. The first-order valence-corrected chi connectivity index (χ1v) is 11.0. The van der Waals surface area contributed by atoms with E-state index in [0.29, 0.717) is 17.7 Å². The summed E-state index contributed by atoms with van der Waals surface area (Å²) in [6.45, 7) is 1.90. The van der Waals surface area contributed by atoms with Crippen molar-refractivity contribution in [1.82, 2.24) is 4.98 Å². The lowest BCUT2D eigenvalue weighted by molar-refractivity contribution is -0.137. The Kier molecular flexibility index (Phi) is 6.83. The number of aliphatic hydroxyl groups excluding tert-OH is 1. The van der Waals surface area contributed by atoms with Crippen LogP contribution in [0.2, 0.25) is 0 Å². The van der Waals surface area contributed by atoms with Crippen molar-refractivity contribution in [3.05, 3.63) is 65.7 Å². The Morgan fingerprint density at radius 3 is 2.64 bits per heavy atom. The second-order valence-corrected chi connectivity index (χ2v) is 8.46. The maximum absolute atomic E-state index is 12.7. The molecule has 1 aromatic heterocycles. The van der Waals surface area contributed by atoms with Crippen LogP contribution in [0.25, 0.3) is 10.9 Å². The molecule has 1 saturated heterocycles. The fourth-order valence-electron chi connectivity index (χ4n) is 4.13. The lowest BCUT2D eigenvalue weighted by Crippen LogP contribution is -2.37. The molecule has 8 heteroatoms. The number of carbonyl (C=O) groups excluding carboxylic acids is 1. The van der Waals surface area contributed by atoms with Gasteiger partial charge in [-0.15, -0.1) is 0 Å². The Morgan fingerprint density at radius 1 is 1.12 bits per heavy atom. The minimum absolute atomic E-state index is 0.168. The topological polar surface area (TPSA) is 65.5 Å². The number of alkyl halides is 3. The number of aromatic nitrogens is 1. The third kappa shape index (κ3) is 5.82. The molecular weight excluding hydrogens is 431 g/mol. The Morgan fingerprint density at radius 2 is 1.91 bits per heavy atom. The molecule has 0 spiro atoms. The van der Waals surface area contributed by atoms with Crippen molar-refractivity contribution in [2.45, 2.75) is 31.9 Å². The molecule has 0 unspecified atom stereocenters. The number of halogens is 3. The molecule has 0 aliphatic carbocycles. The predicted octanol–water partition coefficient (Wildman–Crippen LogP) is 5.03. The van der Waals surface area contributed by atoms with Gasteiger partial charge in [0.15, 0.2) is 0 Å².